The van der Waals surface area contributed by atoms with Gasteiger partial charge in [-0.25, -0.2) is 4.39 Å². The van der Waals surface area contributed by atoms with E-state index in [2.05, 4.69) is 0 Å². The highest BCUT2D eigenvalue weighted by atomic mass is 19.1. The number of benzene rings is 1. The molecule has 0 spiro atoms. The molecule has 0 fully saturated rings. The fraction of sp³-hybridized carbons (Fsp3) is 0.455. The Bertz CT molecular complexity index is 323. The monoisotopic (exact) mass is 197 g/mol. The third-order valence-corrected chi connectivity index (χ3v) is 2.36. The van der Waals surface area contributed by atoms with E-state index in [1.807, 2.05) is 13.0 Å². The van der Waals surface area contributed by atoms with E-state index in [4.69, 9.17) is 10.5 Å². The van der Waals surface area contributed by atoms with E-state index in [1.54, 1.807) is 19.2 Å². The zero-order valence-electron chi connectivity index (χ0n) is 8.80. The van der Waals surface area contributed by atoms with Gasteiger partial charge >= 0.3 is 0 Å². The van der Waals surface area contributed by atoms with Crippen LogP contribution in [0.3, 0.4) is 0 Å². The SMILES string of the molecule is COc1c(C)cccc1C(C)(F)CN. The quantitative estimate of drug-likeness (QED) is 0.805. The van der Waals surface area contributed by atoms with Gasteiger partial charge < -0.3 is 10.5 Å². The molecule has 0 saturated carbocycles. The second-order valence-corrected chi connectivity index (χ2v) is 3.56. The molecule has 14 heavy (non-hydrogen) atoms. The summed E-state index contributed by atoms with van der Waals surface area (Å²) in [5, 5.41) is 0. The van der Waals surface area contributed by atoms with Gasteiger partial charge in [0.05, 0.1) is 7.11 Å². The number of rotatable bonds is 3. The van der Waals surface area contributed by atoms with E-state index in [0.29, 0.717) is 11.3 Å². The maximum atomic E-state index is 14.0. The van der Waals surface area contributed by atoms with Crippen molar-refractivity contribution < 1.29 is 9.13 Å². The predicted molar refractivity (Wildman–Crippen MR) is 55.2 cm³/mol. The Morgan fingerprint density at radius 3 is 2.64 bits per heavy atom. The zero-order valence-corrected chi connectivity index (χ0v) is 8.80. The number of para-hydroxylation sites is 1. The molecule has 1 unspecified atom stereocenters. The smallest absolute Gasteiger partial charge is 0.148 e. The topological polar surface area (TPSA) is 35.2 Å². The van der Waals surface area contributed by atoms with Gasteiger partial charge in [0, 0.05) is 12.1 Å². The molecular formula is C11H16FNO. The molecule has 0 amide bonds. The normalized spacial score (nSPS) is 14.9. The number of ether oxygens (including phenoxy) is 1. The van der Waals surface area contributed by atoms with Crippen LogP contribution in [0.25, 0.3) is 0 Å². The van der Waals surface area contributed by atoms with Crippen LogP contribution in [0.1, 0.15) is 18.1 Å². The molecule has 1 aromatic carbocycles. The van der Waals surface area contributed by atoms with E-state index in [9.17, 15) is 4.39 Å². The first kappa shape index (κ1) is 11.0. The maximum Gasteiger partial charge on any atom is 0.148 e. The largest absolute Gasteiger partial charge is 0.496 e. The molecule has 3 heteroatoms. The lowest BCUT2D eigenvalue weighted by Gasteiger charge is -2.22. The van der Waals surface area contributed by atoms with Crippen molar-refractivity contribution in [2.24, 2.45) is 5.73 Å². The van der Waals surface area contributed by atoms with Crippen LogP contribution in [0.2, 0.25) is 0 Å². The molecule has 1 rings (SSSR count). The van der Waals surface area contributed by atoms with Crippen molar-refractivity contribution in [3.8, 4) is 5.75 Å². The number of methoxy groups -OCH3 is 1. The van der Waals surface area contributed by atoms with Gasteiger partial charge in [0.15, 0.2) is 0 Å². The minimum atomic E-state index is -1.53. The molecule has 0 aliphatic carbocycles. The van der Waals surface area contributed by atoms with Gasteiger partial charge in [-0.15, -0.1) is 0 Å². The molecule has 0 aliphatic rings. The molecule has 0 heterocycles. The fourth-order valence-corrected chi connectivity index (χ4v) is 1.44. The molecule has 78 valence electrons. The number of halogens is 1. The Morgan fingerprint density at radius 2 is 2.14 bits per heavy atom. The molecule has 0 saturated heterocycles. The van der Waals surface area contributed by atoms with Crippen molar-refractivity contribution in [2.75, 3.05) is 13.7 Å². The standard InChI is InChI=1S/C11H16FNO/c1-8-5-4-6-9(10(8)14-3)11(2,12)7-13/h4-6H,7,13H2,1-3H3. The molecule has 0 bridgehead atoms. The molecule has 0 aliphatic heterocycles. The van der Waals surface area contributed by atoms with Crippen molar-refractivity contribution in [1.82, 2.24) is 0 Å². The van der Waals surface area contributed by atoms with Gasteiger partial charge in [-0.1, -0.05) is 18.2 Å². The van der Waals surface area contributed by atoms with E-state index in [0.717, 1.165) is 5.56 Å². The summed E-state index contributed by atoms with van der Waals surface area (Å²) < 4.78 is 19.1. The van der Waals surface area contributed by atoms with Crippen LogP contribution in [0.4, 0.5) is 4.39 Å². The van der Waals surface area contributed by atoms with Crippen LogP contribution in [-0.2, 0) is 5.67 Å². The Balaban J connectivity index is 3.27. The minimum absolute atomic E-state index is 0.0488. The molecule has 2 N–H and O–H groups in total. The van der Waals surface area contributed by atoms with Crippen LogP contribution in [0, 0.1) is 6.92 Å². The molecule has 1 atom stereocenters. The minimum Gasteiger partial charge on any atom is -0.496 e. The summed E-state index contributed by atoms with van der Waals surface area (Å²) in [5.74, 6) is 0.586. The molecule has 1 aromatic rings. The second-order valence-electron chi connectivity index (χ2n) is 3.56. The lowest BCUT2D eigenvalue weighted by atomic mass is 9.95. The molecule has 0 radical (unpaired) electrons. The summed E-state index contributed by atoms with van der Waals surface area (Å²) >= 11 is 0. The van der Waals surface area contributed by atoms with E-state index >= 15 is 0 Å². The average molecular weight is 197 g/mol. The van der Waals surface area contributed by atoms with Gasteiger partial charge in [0.2, 0.25) is 0 Å². The third-order valence-electron chi connectivity index (χ3n) is 2.36. The lowest BCUT2D eigenvalue weighted by molar-refractivity contribution is 0.196. The van der Waals surface area contributed by atoms with Crippen molar-refractivity contribution in [2.45, 2.75) is 19.5 Å². The predicted octanol–water partition coefficient (Wildman–Crippen LogP) is 2.15. The molecular weight excluding hydrogens is 181 g/mol. The van der Waals surface area contributed by atoms with Gasteiger partial charge in [0.25, 0.3) is 0 Å². The number of hydrogen-bond acceptors (Lipinski definition) is 2. The number of aryl methyl sites for hydroxylation is 1. The summed E-state index contributed by atoms with van der Waals surface area (Å²) in [5.41, 5.74) is 5.29. The average Bonchev–Trinajstić information content (AvgIpc) is 2.17. The van der Waals surface area contributed by atoms with Crippen LogP contribution >= 0.6 is 0 Å². The number of hydrogen-bond donors (Lipinski definition) is 1. The van der Waals surface area contributed by atoms with Crippen molar-refractivity contribution >= 4 is 0 Å². The summed E-state index contributed by atoms with van der Waals surface area (Å²) in [6.07, 6.45) is 0. The highest BCUT2D eigenvalue weighted by molar-refractivity contribution is 5.44. The second kappa shape index (κ2) is 3.96. The summed E-state index contributed by atoms with van der Waals surface area (Å²) in [6.45, 7) is 3.30. The fourth-order valence-electron chi connectivity index (χ4n) is 1.44. The zero-order chi connectivity index (χ0) is 10.8. The first-order valence-electron chi connectivity index (χ1n) is 4.56. The van der Waals surface area contributed by atoms with Gasteiger partial charge in [0.1, 0.15) is 11.4 Å². The number of nitrogens with two attached hydrogens (primary N) is 1. The third kappa shape index (κ3) is 1.87. The lowest BCUT2D eigenvalue weighted by Crippen LogP contribution is -2.27. The maximum absolute atomic E-state index is 14.0. The van der Waals surface area contributed by atoms with Gasteiger partial charge in [-0.05, 0) is 19.4 Å². The summed E-state index contributed by atoms with van der Waals surface area (Å²) in [4.78, 5) is 0. The summed E-state index contributed by atoms with van der Waals surface area (Å²) in [7, 11) is 1.54. The van der Waals surface area contributed by atoms with Crippen LogP contribution in [0.15, 0.2) is 18.2 Å². The first-order valence-corrected chi connectivity index (χ1v) is 4.56. The highest BCUT2D eigenvalue weighted by Gasteiger charge is 2.28. The first-order chi connectivity index (χ1) is 6.53. The summed E-state index contributed by atoms with van der Waals surface area (Å²) in [6, 6.07) is 5.40. The van der Waals surface area contributed by atoms with Crippen LogP contribution in [-0.4, -0.2) is 13.7 Å². The van der Waals surface area contributed by atoms with Crippen molar-refractivity contribution in [3.63, 3.8) is 0 Å². The Hall–Kier alpha value is -1.09. The van der Waals surface area contributed by atoms with E-state index in [-0.39, 0.29) is 6.54 Å². The van der Waals surface area contributed by atoms with E-state index in [1.165, 1.54) is 6.92 Å². The van der Waals surface area contributed by atoms with Crippen LogP contribution < -0.4 is 10.5 Å². The Labute approximate surface area is 83.9 Å². The van der Waals surface area contributed by atoms with Crippen molar-refractivity contribution in [3.05, 3.63) is 29.3 Å². The molecule has 0 aromatic heterocycles. The van der Waals surface area contributed by atoms with Gasteiger partial charge in [-0.2, -0.15) is 0 Å². The van der Waals surface area contributed by atoms with Crippen LogP contribution in [0.5, 0.6) is 5.75 Å². The Kier molecular flexibility index (Phi) is 3.11. The van der Waals surface area contributed by atoms with E-state index < -0.39 is 5.67 Å². The Morgan fingerprint density at radius 1 is 1.50 bits per heavy atom. The highest BCUT2D eigenvalue weighted by Crippen LogP contribution is 2.34. The van der Waals surface area contributed by atoms with Gasteiger partial charge in [-0.3, -0.25) is 0 Å². The molecule has 2 nitrogen and oxygen atoms in total. The number of alkyl halides is 1. The van der Waals surface area contributed by atoms with Crippen molar-refractivity contribution in [1.29, 1.82) is 0 Å².